The Bertz CT molecular complexity index is 690. The van der Waals surface area contributed by atoms with Crippen LogP contribution in [0.25, 0.3) is 0 Å². The van der Waals surface area contributed by atoms with Gasteiger partial charge in [0, 0.05) is 18.8 Å². The normalized spacial score (nSPS) is 11.8. The van der Waals surface area contributed by atoms with E-state index in [1.165, 1.54) is 6.20 Å². The highest BCUT2D eigenvalue weighted by Crippen LogP contribution is 2.14. The average Bonchev–Trinajstić information content (AvgIpc) is 2.87. The van der Waals surface area contributed by atoms with Gasteiger partial charge in [-0.25, -0.2) is 8.42 Å². The van der Waals surface area contributed by atoms with Gasteiger partial charge in [-0.05, 0) is 25.0 Å². The Hall–Kier alpha value is -1.86. The molecule has 0 atom stereocenters. The van der Waals surface area contributed by atoms with E-state index in [2.05, 4.69) is 9.82 Å². The molecule has 0 radical (unpaired) electrons. The molecular formula is C14H20N4O2S. The van der Waals surface area contributed by atoms with Crippen molar-refractivity contribution in [3.05, 3.63) is 47.8 Å². The highest BCUT2D eigenvalue weighted by molar-refractivity contribution is 7.91. The second-order valence-corrected chi connectivity index (χ2v) is 6.91. The summed E-state index contributed by atoms with van der Waals surface area (Å²) in [6.45, 7) is 4.40. The first-order chi connectivity index (χ1) is 9.89. The van der Waals surface area contributed by atoms with Crippen LogP contribution >= 0.6 is 0 Å². The van der Waals surface area contributed by atoms with E-state index in [1.54, 1.807) is 23.0 Å². The summed E-state index contributed by atoms with van der Waals surface area (Å²) in [5.41, 5.74) is 7.68. The Morgan fingerprint density at radius 2 is 1.86 bits per heavy atom. The molecule has 7 heteroatoms. The Morgan fingerprint density at radius 1 is 1.24 bits per heavy atom. The minimum Gasteiger partial charge on any atom is -0.326 e. The van der Waals surface area contributed by atoms with Crippen LogP contribution in [0.2, 0.25) is 0 Å². The molecule has 21 heavy (non-hydrogen) atoms. The van der Waals surface area contributed by atoms with Crippen LogP contribution in [0.1, 0.15) is 31.0 Å². The molecule has 2 rings (SSSR count). The molecule has 114 valence electrons. The summed E-state index contributed by atoms with van der Waals surface area (Å²) in [5, 5.41) is 4.11. The zero-order valence-electron chi connectivity index (χ0n) is 12.2. The highest BCUT2D eigenvalue weighted by atomic mass is 32.2. The Balaban J connectivity index is 2.06. The van der Waals surface area contributed by atoms with E-state index in [1.807, 2.05) is 26.0 Å². The van der Waals surface area contributed by atoms with Crippen molar-refractivity contribution in [2.75, 3.05) is 4.72 Å². The number of rotatable bonds is 6. The molecule has 6 nitrogen and oxygen atoms in total. The standard InChI is InChI=1S/C14H20N4O2S/c1-11(2)18-9-14(8-16-18)17-21(19,20)10-13-5-3-12(7-15)4-6-13/h3-6,8-9,11,17H,7,10,15H2,1-2H3. The number of anilines is 1. The lowest BCUT2D eigenvalue weighted by molar-refractivity contribution is 0.532. The molecule has 0 saturated heterocycles. The van der Waals surface area contributed by atoms with Crippen LogP contribution in [0.3, 0.4) is 0 Å². The first-order valence-electron chi connectivity index (χ1n) is 6.72. The third-order valence-corrected chi connectivity index (χ3v) is 4.28. The quantitative estimate of drug-likeness (QED) is 0.852. The first kappa shape index (κ1) is 15.5. The Labute approximate surface area is 125 Å². The molecule has 0 aliphatic heterocycles. The number of sulfonamides is 1. The summed E-state index contributed by atoms with van der Waals surface area (Å²) >= 11 is 0. The van der Waals surface area contributed by atoms with Gasteiger partial charge in [-0.2, -0.15) is 5.10 Å². The average molecular weight is 308 g/mol. The molecule has 0 saturated carbocycles. The van der Waals surface area contributed by atoms with Crippen molar-refractivity contribution in [3.8, 4) is 0 Å². The largest absolute Gasteiger partial charge is 0.326 e. The maximum Gasteiger partial charge on any atom is 0.237 e. The SMILES string of the molecule is CC(C)n1cc(NS(=O)(=O)Cc2ccc(CN)cc2)cn1. The Kier molecular flexibility index (Phi) is 4.64. The molecule has 2 aromatic rings. The van der Waals surface area contributed by atoms with Gasteiger partial charge in [-0.15, -0.1) is 0 Å². The Morgan fingerprint density at radius 3 is 2.38 bits per heavy atom. The molecule has 0 aliphatic carbocycles. The summed E-state index contributed by atoms with van der Waals surface area (Å²) in [4.78, 5) is 0. The number of nitrogens with zero attached hydrogens (tertiary/aromatic N) is 2. The van der Waals surface area contributed by atoms with Crippen molar-refractivity contribution < 1.29 is 8.42 Å². The molecule has 1 aromatic carbocycles. The van der Waals surface area contributed by atoms with Crippen molar-refractivity contribution >= 4 is 15.7 Å². The van der Waals surface area contributed by atoms with Gasteiger partial charge in [0.25, 0.3) is 0 Å². The van der Waals surface area contributed by atoms with Crippen molar-refractivity contribution in [3.63, 3.8) is 0 Å². The molecule has 1 aromatic heterocycles. The van der Waals surface area contributed by atoms with Crippen LogP contribution in [0.5, 0.6) is 0 Å². The van der Waals surface area contributed by atoms with E-state index in [4.69, 9.17) is 5.73 Å². The van der Waals surface area contributed by atoms with E-state index < -0.39 is 10.0 Å². The fourth-order valence-electron chi connectivity index (χ4n) is 1.88. The summed E-state index contributed by atoms with van der Waals surface area (Å²) in [5.74, 6) is -0.0787. The summed E-state index contributed by atoms with van der Waals surface area (Å²) in [6.07, 6.45) is 3.19. The van der Waals surface area contributed by atoms with Crippen LogP contribution in [-0.4, -0.2) is 18.2 Å². The van der Waals surface area contributed by atoms with E-state index in [0.717, 1.165) is 11.1 Å². The third-order valence-electron chi connectivity index (χ3n) is 3.02. The first-order valence-corrected chi connectivity index (χ1v) is 8.37. The second-order valence-electron chi connectivity index (χ2n) is 5.18. The second kappa shape index (κ2) is 6.28. The third kappa shape index (κ3) is 4.30. The number of aromatic nitrogens is 2. The molecule has 3 N–H and O–H groups in total. The smallest absolute Gasteiger partial charge is 0.237 e. The number of hydrogen-bond acceptors (Lipinski definition) is 4. The minimum absolute atomic E-state index is 0.0787. The van der Waals surface area contributed by atoms with Crippen molar-refractivity contribution in [1.29, 1.82) is 0 Å². The molecule has 0 unspecified atom stereocenters. The van der Waals surface area contributed by atoms with Crippen LogP contribution < -0.4 is 10.5 Å². The van der Waals surface area contributed by atoms with Gasteiger partial charge in [-0.1, -0.05) is 24.3 Å². The molecular weight excluding hydrogens is 288 g/mol. The van der Waals surface area contributed by atoms with Gasteiger partial charge < -0.3 is 5.73 Å². The summed E-state index contributed by atoms with van der Waals surface area (Å²) < 4.78 is 28.5. The van der Waals surface area contributed by atoms with E-state index in [-0.39, 0.29) is 11.8 Å². The van der Waals surface area contributed by atoms with Crippen LogP contribution in [-0.2, 0) is 22.3 Å². The topological polar surface area (TPSA) is 90.0 Å². The van der Waals surface area contributed by atoms with Crippen LogP contribution in [0, 0.1) is 0 Å². The van der Waals surface area contributed by atoms with Gasteiger partial charge in [0.2, 0.25) is 10.0 Å². The van der Waals surface area contributed by atoms with Gasteiger partial charge >= 0.3 is 0 Å². The van der Waals surface area contributed by atoms with Gasteiger partial charge in [-0.3, -0.25) is 9.40 Å². The van der Waals surface area contributed by atoms with E-state index in [9.17, 15) is 8.42 Å². The summed E-state index contributed by atoms with van der Waals surface area (Å²) in [7, 11) is -3.45. The predicted octanol–water partition coefficient (Wildman–Crippen LogP) is 1.86. The van der Waals surface area contributed by atoms with Gasteiger partial charge in [0.1, 0.15) is 0 Å². The molecule has 1 heterocycles. The number of benzene rings is 1. The molecule has 0 bridgehead atoms. The molecule has 0 amide bonds. The highest BCUT2D eigenvalue weighted by Gasteiger charge is 2.13. The fraction of sp³-hybridized carbons (Fsp3) is 0.357. The van der Waals surface area contributed by atoms with Crippen molar-refractivity contribution in [2.45, 2.75) is 32.2 Å². The maximum atomic E-state index is 12.1. The van der Waals surface area contributed by atoms with Crippen LogP contribution in [0.4, 0.5) is 5.69 Å². The molecule has 0 fully saturated rings. The lowest BCUT2D eigenvalue weighted by Crippen LogP contribution is -2.14. The number of nitrogens with one attached hydrogen (secondary N) is 1. The number of hydrogen-bond donors (Lipinski definition) is 2. The van der Waals surface area contributed by atoms with Gasteiger partial charge in [0.15, 0.2) is 0 Å². The van der Waals surface area contributed by atoms with Crippen molar-refractivity contribution in [2.24, 2.45) is 5.73 Å². The van der Waals surface area contributed by atoms with Crippen LogP contribution in [0.15, 0.2) is 36.7 Å². The predicted molar refractivity (Wildman–Crippen MR) is 83.2 cm³/mol. The van der Waals surface area contributed by atoms with E-state index in [0.29, 0.717) is 12.2 Å². The zero-order chi connectivity index (χ0) is 15.5. The summed E-state index contributed by atoms with van der Waals surface area (Å²) in [6, 6.07) is 7.41. The lowest BCUT2D eigenvalue weighted by Gasteiger charge is -2.07. The monoisotopic (exact) mass is 308 g/mol. The lowest BCUT2D eigenvalue weighted by atomic mass is 10.1. The zero-order valence-corrected chi connectivity index (χ0v) is 13.0. The van der Waals surface area contributed by atoms with E-state index >= 15 is 0 Å². The molecule has 0 aliphatic rings. The fourth-order valence-corrected chi connectivity index (χ4v) is 3.05. The minimum atomic E-state index is -3.45. The number of nitrogens with two attached hydrogens (primary N) is 1. The van der Waals surface area contributed by atoms with Crippen molar-refractivity contribution in [1.82, 2.24) is 9.78 Å². The maximum absolute atomic E-state index is 12.1. The molecule has 0 spiro atoms. The van der Waals surface area contributed by atoms with Gasteiger partial charge in [0.05, 0.1) is 17.6 Å².